The highest BCUT2D eigenvalue weighted by molar-refractivity contribution is 6.21. The molecule has 1 aromatic carbocycles. The number of benzene rings is 1. The second-order valence-corrected chi connectivity index (χ2v) is 4.11. The number of β-amino-alcohol motifs (C(OH)–C–C–N with tert-alkyl or cyclic N) is 1. The van der Waals surface area contributed by atoms with Gasteiger partial charge in [0.05, 0.1) is 24.3 Å². The fourth-order valence-corrected chi connectivity index (χ4v) is 1.89. The highest BCUT2D eigenvalue weighted by Gasteiger charge is 2.35. The summed E-state index contributed by atoms with van der Waals surface area (Å²) in [6.45, 7) is 1.46. The first-order valence-electron chi connectivity index (χ1n) is 5.89. The normalized spacial score (nSPS) is 15.6. The molecule has 2 rings (SSSR count). The van der Waals surface area contributed by atoms with Gasteiger partial charge in [0.25, 0.3) is 11.8 Å². The van der Waals surface area contributed by atoms with E-state index in [1.165, 1.54) is 13.2 Å². The molecular formula is C13H15NO5. The monoisotopic (exact) mass is 265 g/mol. The lowest BCUT2D eigenvalue weighted by Gasteiger charge is -2.12. The first-order valence-corrected chi connectivity index (χ1v) is 5.89. The number of ether oxygens (including phenoxy) is 2. The van der Waals surface area contributed by atoms with E-state index in [-0.39, 0.29) is 19.1 Å². The van der Waals surface area contributed by atoms with Crippen LogP contribution in [0.15, 0.2) is 18.2 Å². The summed E-state index contributed by atoms with van der Waals surface area (Å²) < 4.78 is 10.4. The van der Waals surface area contributed by atoms with Gasteiger partial charge in [-0.1, -0.05) is 0 Å². The Kier molecular flexibility index (Phi) is 3.82. The molecule has 0 saturated heterocycles. The number of amides is 2. The molecule has 1 aliphatic rings. The fourth-order valence-electron chi connectivity index (χ4n) is 1.89. The van der Waals surface area contributed by atoms with Gasteiger partial charge in [-0.25, -0.2) is 0 Å². The van der Waals surface area contributed by atoms with E-state index in [0.29, 0.717) is 16.9 Å². The van der Waals surface area contributed by atoms with Crippen LogP contribution in [0.2, 0.25) is 0 Å². The summed E-state index contributed by atoms with van der Waals surface area (Å²) in [4.78, 5) is 24.9. The molecule has 0 aromatic heterocycles. The van der Waals surface area contributed by atoms with Crippen LogP contribution >= 0.6 is 0 Å². The second kappa shape index (κ2) is 5.38. The van der Waals surface area contributed by atoms with Crippen LogP contribution in [0.5, 0.6) is 5.75 Å². The lowest BCUT2D eigenvalue weighted by molar-refractivity contribution is -0.0383. The zero-order valence-corrected chi connectivity index (χ0v) is 10.8. The molecule has 6 nitrogen and oxygen atoms in total. The molecule has 19 heavy (non-hydrogen) atoms. The van der Waals surface area contributed by atoms with E-state index in [0.717, 1.165) is 4.90 Å². The zero-order valence-electron chi connectivity index (χ0n) is 10.8. The Bertz CT molecular complexity index is 514. The molecular weight excluding hydrogens is 250 g/mol. The minimum absolute atomic E-state index is 0.00297. The molecule has 6 heteroatoms. The first-order chi connectivity index (χ1) is 9.08. The number of methoxy groups -OCH3 is 1. The maximum absolute atomic E-state index is 12.0. The number of rotatable bonds is 5. The summed E-state index contributed by atoms with van der Waals surface area (Å²) in [5.74, 6) is -0.343. The summed E-state index contributed by atoms with van der Waals surface area (Å²) in [6, 6.07) is 4.68. The van der Waals surface area contributed by atoms with E-state index in [1.54, 1.807) is 19.1 Å². The van der Waals surface area contributed by atoms with Gasteiger partial charge in [0, 0.05) is 7.11 Å². The van der Waals surface area contributed by atoms with E-state index in [2.05, 4.69) is 0 Å². The van der Waals surface area contributed by atoms with Crippen LogP contribution in [0, 0.1) is 0 Å². The lowest BCUT2D eigenvalue weighted by Crippen LogP contribution is -2.32. The summed E-state index contributed by atoms with van der Waals surface area (Å²) in [6.07, 6.45) is -0.446. The number of carbonyl (C=O) groups is 2. The predicted molar refractivity (Wildman–Crippen MR) is 66.0 cm³/mol. The van der Waals surface area contributed by atoms with Gasteiger partial charge in [-0.2, -0.15) is 0 Å². The lowest BCUT2D eigenvalue weighted by atomic mass is 10.1. The third-order valence-corrected chi connectivity index (χ3v) is 2.90. The molecule has 1 N–H and O–H groups in total. The Hall–Kier alpha value is -1.92. The molecule has 0 saturated carbocycles. The van der Waals surface area contributed by atoms with Crippen molar-refractivity contribution in [3.05, 3.63) is 29.3 Å². The van der Waals surface area contributed by atoms with Gasteiger partial charge in [-0.05, 0) is 25.1 Å². The van der Waals surface area contributed by atoms with Crippen molar-refractivity contribution in [1.82, 2.24) is 4.90 Å². The summed E-state index contributed by atoms with van der Waals surface area (Å²) >= 11 is 0. The Morgan fingerprint density at radius 1 is 1.26 bits per heavy atom. The molecule has 1 aliphatic heterocycles. The number of nitrogens with zero attached hydrogens (tertiary/aromatic N) is 1. The van der Waals surface area contributed by atoms with E-state index in [4.69, 9.17) is 14.6 Å². The van der Waals surface area contributed by atoms with Gasteiger partial charge < -0.3 is 14.6 Å². The fraction of sp³-hybridized carbons (Fsp3) is 0.385. The van der Waals surface area contributed by atoms with Crippen molar-refractivity contribution in [3.63, 3.8) is 0 Å². The number of hydrogen-bond acceptors (Lipinski definition) is 5. The van der Waals surface area contributed by atoms with Gasteiger partial charge in [0.15, 0.2) is 6.29 Å². The van der Waals surface area contributed by atoms with Crippen LogP contribution in [0.1, 0.15) is 27.6 Å². The molecule has 1 atom stereocenters. The van der Waals surface area contributed by atoms with Crippen molar-refractivity contribution >= 4 is 11.8 Å². The minimum Gasteiger partial charge on any atom is -0.465 e. The van der Waals surface area contributed by atoms with E-state index in [9.17, 15) is 9.59 Å². The van der Waals surface area contributed by atoms with Crippen LogP contribution < -0.4 is 4.74 Å². The van der Waals surface area contributed by atoms with Crippen molar-refractivity contribution in [3.8, 4) is 5.75 Å². The van der Waals surface area contributed by atoms with Crippen molar-refractivity contribution in [1.29, 1.82) is 0 Å². The molecule has 1 aromatic rings. The topological polar surface area (TPSA) is 76.1 Å². The van der Waals surface area contributed by atoms with Gasteiger partial charge in [-0.15, -0.1) is 0 Å². The second-order valence-electron chi connectivity index (χ2n) is 4.11. The SMILES string of the molecule is COC(C)Oc1ccc2c(c1)C(=O)N(CCO)C2=O. The van der Waals surface area contributed by atoms with Crippen molar-refractivity contribution in [2.45, 2.75) is 13.2 Å². The van der Waals surface area contributed by atoms with Gasteiger partial charge in [0.2, 0.25) is 0 Å². The largest absolute Gasteiger partial charge is 0.465 e. The van der Waals surface area contributed by atoms with Crippen molar-refractivity contribution < 1.29 is 24.2 Å². The number of imide groups is 1. The Morgan fingerprint density at radius 2 is 1.95 bits per heavy atom. The smallest absolute Gasteiger partial charge is 0.261 e. The number of hydrogen-bond donors (Lipinski definition) is 1. The molecule has 102 valence electrons. The number of aliphatic hydroxyl groups excluding tert-OH is 1. The summed E-state index contributed by atoms with van der Waals surface area (Å²) in [5.41, 5.74) is 0.620. The third-order valence-electron chi connectivity index (χ3n) is 2.90. The first kappa shape index (κ1) is 13.5. The summed E-state index contributed by atoms with van der Waals surface area (Å²) in [5, 5.41) is 8.86. The number of fused-ring (bicyclic) bond motifs is 1. The molecule has 0 aliphatic carbocycles. The van der Waals surface area contributed by atoms with Crippen molar-refractivity contribution in [2.24, 2.45) is 0 Å². The van der Waals surface area contributed by atoms with Gasteiger partial charge in [-0.3, -0.25) is 14.5 Å². The third kappa shape index (κ3) is 2.45. The standard InChI is InChI=1S/C13H15NO5/c1-8(18-2)19-9-3-4-10-11(7-9)13(17)14(5-6-15)12(10)16/h3-4,7-8,15H,5-6H2,1-2H3. The molecule has 2 amide bonds. The highest BCUT2D eigenvalue weighted by Crippen LogP contribution is 2.27. The Morgan fingerprint density at radius 3 is 2.58 bits per heavy atom. The predicted octanol–water partition coefficient (Wildman–Crippen LogP) is 0.646. The van der Waals surface area contributed by atoms with E-state index < -0.39 is 12.2 Å². The summed E-state index contributed by atoms with van der Waals surface area (Å²) in [7, 11) is 1.51. The molecule has 1 unspecified atom stereocenters. The number of aliphatic hydroxyl groups is 1. The molecule has 0 bridgehead atoms. The highest BCUT2D eigenvalue weighted by atomic mass is 16.7. The number of carbonyl (C=O) groups excluding carboxylic acids is 2. The molecule has 0 spiro atoms. The Balaban J connectivity index is 2.28. The molecule has 0 radical (unpaired) electrons. The maximum atomic E-state index is 12.0. The minimum atomic E-state index is -0.446. The van der Waals surface area contributed by atoms with Crippen LogP contribution in [-0.2, 0) is 4.74 Å². The van der Waals surface area contributed by atoms with Crippen LogP contribution in [0.25, 0.3) is 0 Å². The average Bonchev–Trinajstić information content (AvgIpc) is 2.64. The maximum Gasteiger partial charge on any atom is 0.261 e. The van der Waals surface area contributed by atoms with Gasteiger partial charge >= 0.3 is 0 Å². The van der Waals surface area contributed by atoms with E-state index >= 15 is 0 Å². The molecule has 1 heterocycles. The van der Waals surface area contributed by atoms with Crippen LogP contribution in [-0.4, -0.2) is 48.4 Å². The quantitative estimate of drug-likeness (QED) is 0.624. The van der Waals surface area contributed by atoms with E-state index in [1.807, 2.05) is 0 Å². The average molecular weight is 265 g/mol. The van der Waals surface area contributed by atoms with Crippen LogP contribution in [0.3, 0.4) is 0 Å². The van der Waals surface area contributed by atoms with Gasteiger partial charge in [0.1, 0.15) is 5.75 Å². The molecule has 0 fully saturated rings. The Labute approximate surface area is 110 Å². The van der Waals surface area contributed by atoms with Crippen LogP contribution in [0.4, 0.5) is 0 Å². The van der Waals surface area contributed by atoms with Crippen molar-refractivity contribution in [2.75, 3.05) is 20.3 Å². The zero-order chi connectivity index (χ0) is 14.0.